The molecule has 1 atom stereocenters. The Morgan fingerprint density at radius 2 is 1.76 bits per heavy atom. The fraction of sp³-hybridized carbons (Fsp3) is 0.375. The van der Waals surface area contributed by atoms with E-state index in [1.165, 1.54) is 48.1 Å². The zero-order valence-corrected chi connectivity index (χ0v) is 23.4. The minimum Gasteiger partial charge on any atom is -0.497 e. The molecule has 2 aromatic carbocycles. The van der Waals surface area contributed by atoms with Gasteiger partial charge in [-0.25, -0.2) is 16.8 Å². The Bertz CT molecular complexity index is 1660. The Kier molecular flexibility index (Phi) is 8.06. The lowest BCUT2D eigenvalue weighted by Crippen LogP contribution is -2.40. The van der Waals surface area contributed by atoms with Gasteiger partial charge in [-0.15, -0.1) is 0 Å². The van der Waals surface area contributed by atoms with Crippen LogP contribution in [0, 0.1) is 0 Å². The molecule has 204 valence electrons. The molecule has 0 bridgehead atoms. The van der Waals surface area contributed by atoms with Gasteiger partial charge in [-0.2, -0.15) is 9.30 Å². The van der Waals surface area contributed by atoms with Gasteiger partial charge in [0, 0.05) is 12.8 Å². The zero-order valence-electron chi connectivity index (χ0n) is 21.0. The Labute approximate surface area is 224 Å². The second-order valence-corrected chi connectivity index (χ2v) is 13.5. The molecule has 2 heterocycles. The molecule has 0 radical (unpaired) electrons. The number of carbonyl (C=O) groups is 2. The van der Waals surface area contributed by atoms with E-state index >= 15 is 0 Å². The Balaban J connectivity index is 1.75. The van der Waals surface area contributed by atoms with Crippen LogP contribution in [0.15, 0.2) is 57.2 Å². The molecule has 1 amide bonds. The molecular formula is C24H27N3O8S3. The summed E-state index contributed by atoms with van der Waals surface area (Å²) in [5.74, 6) is -0.729. The Hall–Kier alpha value is -3.07. The molecule has 38 heavy (non-hydrogen) atoms. The summed E-state index contributed by atoms with van der Waals surface area (Å²) in [6, 6.07) is 9.30. The molecule has 1 aliphatic heterocycles. The number of hydrogen-bond donors (Lipinski definition) is 0. The number of methoxy groups -OCH3 is 1. The van der Waals surface area contributed by atoms with Crippen LogP contribution < -0.4 is 9.54 Å². The predicted octanol–water partition coefficient (Wildman–Crippen LogP) is 1.96. The van der Waals surface area contributed by atoms with E-state index in [-0.39, 0.29) is 34.3 Å². The van der Waals surface area contributed by atoms with Gasteiger partial charge in [0.25, 0.3) is 5.91 Å². The number of aromatic nitrogens is 1. The molecule has 1 fully saturated rings. The fourth-order valence-electron chi connectivity index (χ4n) is 4.18. The molecule has 14 heteroatoms. The largest absolute Gasteiger partial charge is 0.497 e. The lowest BCUT2D eigenvalue weighted by atomic mass is 10.2. The smallest absolute Gasteiger partial charge is 0.326 e. The van der Waals surface area contributed by atoms with Crippen LogP contribution in [0.1, 0.15) is 19.8 Å². The van der Waals surface area contributed by atoms with Crippen molar-refractivity contribution in [3.05, 3.63) is 47.3 Å². The van der Waals surface area contributed by atoms with Gasteiger partial charge in [0.05, 0.1) is 33.7 Å². The van der Waals surface area contributed by atoms with Crippen molar-refractivity contribution in [1.82, 2.24) is 8.87 Å². The highest BCUT2D eigenvalue weighted by Crippen LogP contribution is 2.28. The van der Waals surface area contributed by atoms with Crippen molar-refractivity contribution >= 4 is 53.3 Å². The molecule has 0 spiro atoms. The molecule has 1 unspecified atom stereocenters. The molecule has 0 saturated carbocycles. The van der Waals surface area contributed by atoms with Crippen LogP contribution in [0.3, 0.4) is 0 Å². The number of fused-ring (bicyclic) bond motifs is 1. The molecule has 0 N–H and O–H groups in total. The van der Waals surface area contributed by atoms with E-state index in [0.29, 0.717) is 28.8 Å². The van der Waals surface area contributed by atoms with Gasteiger partial charge < -0.3 is 14.0 Å². The van der Waals surface area contributed by atoms with E-state index in [9.17, 15) is 26.4 Å². The van der Waals surface area contributed by atoms with Gasteiger partial charge in [-0.05, 0) is 62.2 Å². The summed E-state index contributed by atoms with van der Waals surface area (Å²) in [7, 11) is -6.00. The van der Waals surface area contributed by atoms with E-state index in [1.807, 2.05) is 0 Å². The maximum atomic E-state index is 13.4. The number of sulfone groups is 1. The van der Waals surface area contributed by atoms with Gasteiger partial charge in [-0.3, -0.25) is 9.59 Å². The van der Waals surface area contributed by atoms with Gasteiger partial charge >= 0.3 is 5.97 Å². The van der Waals surface area contributed by atoms with Crippen molar-refractivity contribution in [1.29, 1.82) is 0 Å². The van der Waals surface area contributed by atoms with Gasteiger partial charge in [0.15, 0.2) is 14.6 Å². The van der Waals surface area contributed by atoms with Crippen molar-refractivity contribution in [2.75, 3.05) is 26.5 Å². The van der Waals surface area contributed by atoms with Crippen LogP contribution >= 0.6 is 11.3 Å². The first-order valence-electron chi connectivity index (χ1n) is 11.7. The van der Waals surface area contributed by atoms with Crippen molar-refractivity contribution in [2.24, 2.45) is 4.99 Å². The molecule has 0 aliphatic carbocycles. The lowest BCUT2D eigenvalue weighted by molar-refractivity contribution is -0.143. The first-order valence-corrected chi connectivity index (χ1v) is 15.8. The fourth-order valence-corrected chi connectivity index (χ4v) is 7.63. The summed E-state index contributed by atoms with van der Waals surface area (Å²) in [6.07, 6.45) is 1.86. The number of benzene rings is 2. The molecule has 4 rings (SSSR count). The number of thiazole rings is 1. The Morgan fingerprint density at radius 3 is 2.39 bits per heavy atom. The summed E-state index contributed by atoms with van der Waals surface area (Å²) in [5.41, 5.74) is 0.496. The van der Waals surface area contributed by atoms with E-state index in [1.54, 1.807) is 13.0 Å². The third-order valence-electron chi connectivity index (χ3n) is 6.04. The van der Waals surface area contributed by atoms with Gasteiger partial charge in [0.1, 0.15) is 18.3 Å². The van der Waals surface area contributed by atoms with E-state index in [4.69, 9.17) is 9.47 Å². The molecular weight excluding hydrogens is 554 g/mol. The number of ether oxygens (including phenoxy) is 2. The topological polar surface area (TPSA) is 141 Å². The first-order chi connectivity index (χ1) is 18.0. The van der Waals surface area contributed by atoms with Crippen LogP contribution in [0.2, 0.25) is 0 Å². The second-order valence-electron chi connectivity index (χ2n) is 8.58. The van der Waals surface area contributed by atoms with Crippen molar-refractivity contribution in [2.45, 2.75) is 42.1 Å². The molecule has 3 aromatic rings. The van der Waals surface area contributed by atoms with E-state index < -0.39 is 37.8 Å². The highest BCUT2D eigenvalue weighted by Gasteiger charge is 2.39. The van der Waals surface area contributed by atoms with Crippen LogP contribution in [0.5, 0.6) is 5.75 Å². The zero-order chi connectivity index (χ0) is 27.7. The van der Waals surface area contributed by atoms with Crippen molar-refractivity contribution in [3.63, 3.8) is 0 Å². The number of hydrogen-bond acceptors (Lipinski definition) is 9. The molecule has 11 nitrogen and oxygen atoms in total. The molecule has 1 aromatic heterocycles. The number of amides is 1. The highest BCUT2D eigenvalue weighted by atomic mass is 32.2. The van der Waals surface area contributed by atoms with Crippen LogP contribution in [0.4, 0.5) is 0 Å². The third-order valence-corrected chi connectivity index (χ3v) is 10.1. The van der Waals surface area contributed by atoms with E-state index in [2.05, 4.69) is 4.99 Å². The quantitative estimate of drug-likeness (QED) is 0.368. The molecule has 1 saturated heterocycles. The standard InChI is InChI=1S/C24H27N3O8S3/c1-4-35-22(28)15-26-19-12-11-18(37(3,30)31)14-21(19)36-24(26)25-23(29)20-6-5-13-27(20)38(32,33)17-9-7-16(34-2)8-10-17/h7-12,14,20H,4-6,13,15H2,1-3H3. The number of carbonyl (C=O) groups excluding carboxylic acids is 2. The molecule has 1 aliphatic rings. The first kappa shape index (κ1) is 28.0. The summed E-state index contributed by atoms with van der Waals surface area (Å²) in [4.78, 5) is 30.1. The summed E-state index contributed by atoms with van der Waals surface area (Å²) in [5, 5.41) is 0. The summed E-state index contributed by atoms with van der Waals surface area (Å²) < 4.78 is 64.0. The summed E-state index contributed by atoms with van der Waals surface area (Å²) in [6.45, 7) is 1.73. The minimum absolute atomic E-state index is 0.0329. The van der Waals surface area contributed by atoms with Crippen LogP contribution in [-0.4, -0.2) is 70.1 Å². The normalized spacial score (nSPS) is 17.1. The average Bonchev–Trinajstić information content (AvgIpc) is 3.49. The SMILES string of the molecule is CCOC(=O)Cn1c(=NC(=O)C2CCCN2S(=O)(=O)c2ccc(OC)cc2)sc2cc(S(C)(=O)=O)ccc21. The van der Waals surface area contributed by atoms with Gasteiger partial charge in [-0.1, -0.05) is 11.3 Å². The Morgan fingerprint density at radius 1 is 1.08 bits per heavy atom. The number of esters is 1. The predicted molar refractivity (Wildman–Crippen MR) is 140 cm³/mol. The maximum Gasteiger partial charge on any atom is 0.326 e. The number of nitrogens with zero attached hydrogens (tertiary/aromatic N) is 3. The highest BCUT2D eigenvalue weighted by molar-refractivity contribution is 7.90. The lowest BCUT2D eigenvalue weighted by Gasteiger charge is -2.21. The van der Waals surface area contributed by atoms with Crippen LogP contribution in [0.25, 0.3) is 10.2 Å². The second kappa shape index (κ2) is 11.0. The monoisotopic (exact) mass is 581 g/mol. The average molecular weight is 582 g/mol. The minimum atomic E-state index is -3.98. The van der Waals surface area contributed by atoms with Crippen molar-refractivity contribution < 1.29 is 35.9 Å². The van der Waals surface area contributed by atoms with Gasteiger partial charge in [0.2, 0.25) is 10.0 Å². The maximum absolute atomic E-state index is 13.4. The number of rotatable bonds is 8. The number of sulfonamides is 1. The summed E-state index contributed by atoms with van der Waals surface area (Å²) >= 11 is 1.03. The van der Waals surface area contributed by atoms with Crippen LogP contribution in [-0.2, 0) is 40.7 Å². The van der Waals surface area contributed by atoms with Crippen molar-refractivity contribution in [3.8, 4) is 5.75 Å². The third kappa shape index (κ3) is 5.67. The van der Waals surface area contributed by atoms with E-state index in [0.717, 1.165) is 21.9 Å².